The summed E-state index contributed by atoms with van der Waals surface area (Å²) in [6.07, 6.45) is 3.58. The SMILES string of the molecule is Cc1cc(NN)ccc1C(=O)N(C)Cc1nccn1C. The summed E-state index contributed by atoms with van der Waals surface area (Å²) in [5.74, 6) is 6.17. The van der Waals surface area contributed by atoms with Crippen LogP contribution in [0.1, 0.15) is 21.7 Å². The number of aryl methyl sites for hydroxylation is 2. The Morgan fingerprint density at radius 3 is 2.80 bits per heavy atom. The van der Waals surface area contributed by atoms with Crippen molar-refractivity contribution in [2.75, 3.05) is 12.5 Å². The van der Waals surface area contributed by atoms with Crippen LogP contribution in [0.5, 0.6) is 0 Å². The van der Waals surface area contributed by atoms with Gasteiger partial charge >= 0.3 is 0 Å². The van der Waals surface area contributed by atoms with Gasteiger partial charge in [0.1, 0.15) is 5.82 Å². The lowest BCUT2D eigenvalue weighted by Gasteiger charge is -2.18. The van der Waals surface area contributed by atoms with Crippen LogP contribution in [-0.2, 0) is 13.6 Å². The molecule has 0 spiro atoms. The second-order valence-electron chi connectivity index (χ2n) is 4.79. The monoisotopic (exact) mass is 273 g/mol. The van der Waals surface area contributed by atoms with Gasteiger partial charge in [0.25, 0.3) is 5.91 Å². The molecule has 1 heterocycles. The molecule has 6 heteroatoms. The molecule has 0 unspecified atom stereocenters. The number of nitrogen functional groups attached to an aromatic ring is 1. The van der Waals surface area contributed by atoms with Crippen LogP contribution in [0.15, 0.2) is 30.6 Å². The summed E-state index contributed by atoms with van der Waals surface area (Å²) >= 11 is 0. The Hall–Kier alpha value is -2.34. The molecule has 6 nitrogen and oxygen atoms in total. The van der Waals surface area contributed by atoms with E-state index in [9.17, 15) is 4.79 Å². The molecule has 0 atom stereocenters. The van der Waals surface area contributed by atoms with Crippen molar-refractivity contribution in [2.45, 2.75) is 13.5 Å². The molecule has 20 heavy (non-hydrogen) atoms. The lowest BCUT2D eigenvalue weighted by molar-refractivity contribution is 0.0780. The van der Waals surface area contributed by atoms with Gasteiger partial charge in [-0.2, -0.15) is 0 Å². The van der Waals surface area contributed by atoms with Crippen molar-refractivity contribution in [3.63, 3.8) is 0 Å². The van der Waals surface area contributed by atoms with Gasteiger partial charge in [-0.05, 0) is 30.7 Å². The maximum atomic E-state index is 12.4. The standard InChI is InChI=1S/C14H19N5O/c1-10-8-11(17-15)4-5-12(10)14(20)19(3)9-13-16-6-7-18(13)2/h4-8,17H,9,15H2,1-3H3. The lowest BCUT2D eigenvalue weighted by atomic mass is 10.1. The predicted octanol–water partition coefficient (Wildman–Crippen LogP) is 1.29. The number of rotatable bonds is 4. The third-order valence-electron chi connectivity index (χ3n) is 3.27. The number of amides is 1. The molecule has 106 valence electrons. The van der Waals surface area contributed by atoms with E-state index in [-0.39, 0.29) is 5.91 Å². The van der Waals surface area contributed by atoms with Crippen LogP contribution in [0.25, 0.3) is 0 Å². The second-order valence-corrected chi connectivity index (χ2v) is 4.79. The number of imidazole rings is 1. The zero-order valence-electron chi connectivity index (χ0n) is 11.9. The van der Waals surface area contributed by atoms with E-state index in [1.54, 1.807) is 30.3 Å². The van der Waals surface area contributed by atoms with Crippen LogP contribution in [0.3, 0.4) is 0 Å². The highest BCUT2D eigenvalue weighted by Crippen LogP contribution is 2.16. The maximum Gasteiger partial charge on any atom is 0.254 e. The molecule has 0 radical (unpaired) electrons. The summed E-state index contributed by atoms with van der Waals surface area (Å²) in [6, 6.07) is 5.42. The number of carbonyl (C=O) groups is 1. The van der Waals surface area contributed by atoms with E-state index in [1.165, 1.54) is 0 Å². The highest BCUT2D eigenvalue weighted by Gasteiger charge is 2.16. The van der Waals surface area contributed by atoms with Crippen LogP contribution >= 0.6 is 0 Å². The Labute approximate surface area is 118 Å². The Bertz CT molecular complexity index is 620. The van der Waals surface area contributed by atoms with Crippen LogP contribution in [0.4, 0.5) is 5.69 Å². The van der Waals surface area contributed by atoms with Crippen molar-refractivity contribution < 1.29 is 4.79 Å². The third-order valence-corrected chi connectivity index (χ3v) is 3.27. The zero-order chi connectivity index (χ0) is 14.7. The number of carbonyl (C=O) groups excluding carboxylic acids is 1. The van der Waals surface area contributed by atoms with Crippen molar-refractivity contribution in [3.05, 3.63) is 47.5 Å². The van der Waals surface area contributed by atoms with Crippen molar-refractivity contribution in [3.8, 4) is 0 Å². The molecular formula is C14H19N5O. The first-order valence-electron chi connectivity index (χ1n) is 6.32. The van der Waals surface area contributed by atoms with Crippen molar-refractivity contribution >= 4 is 11.6 Å². The van der Waals surface area contributed by atoms with Gasteiger partial charge in [-0.25, -0.2) is 4.98 Å². The van der Waals surface area contributed by atoms with Gasteiger partial charge in [0.05, 0.1) is 6.54 Å². The van der Waals surface area contributed by atoms with E-state index in [0.29, 0.717) is 12.1 Å². The van der Waals surface area contributed by atoms with Gasteiger partial charge in [-0.3, -0.25) is 10.6 Å². The normalized spacial score (nSPS) is 10.4. The number of anilines is 1. The van der Waals surface area contributed by atoms with Crippen LogP contribution in [0, 0.1) is 6.92 Å². The van der Waals surface area contributed by atoms with Gasteiger partial charge < -0.3 is 14.9 Å². The smallest absolute Gasteiger partial charge is 0.254 e. The largest absolute Gasteiger partial charge is 0.337 e. The average molecular weight is 273 g/mol. The molecule has 0 fully saturated rings. The number of hydrazine groups is 1. The van der Waals surface area contributed by atoms with E-state index >= 15 is 0 Å². The van der Waals surface area contributed by atoms with Crippen LogP contribution < -0.4 is 11.3 Å². The van der Waals surface area contributed by atoms with Gasteiger partial charge in [0.15, 0.2) is 0 Å². The fourth-order valence-corrected chi connectivity index (χ4v) is 2.03. The molecule has 0 bridgehead atoms. The Kier molecular flexibility index (Phi) is 4.05. The molecule has 3 N–H and O–H groups in total. The first kappa shape index (κ1) is 14.1. The van der Waals surface area contributed by atoms with E-state index in [1.807, 2.05) is 30.8 Å². The number of hydrogen-bond donors (Lipinski definition) is 2. The fraction of sp³-hybridized carbons (Fsp3) is 0.286. The van der Waals surface area contributed by atoms with E-state index in [0.717, 1.165) is 17.1 Å². The van der Waals surface area contributed by atoms with E-state index < -0.39 is 0 Å². The number of aromatic nitrogens is 2. The third kappa shape index (κ3) is 2.80. The molecule has 0 aliphatic carbocycles. The Balaban J connectivity index is 2.16. The van der Waals surface area contributed by atoms with Crippen molar-refractivity contribution in [1.29, 1.82) is 0 Å². The van der Waals surface area contributed by atoms with Crippen molar-refractivity contribution in [2.24, 2.45) is 12.9 Å². The van der Waals surface area contributed by atoms with Gasteiger partial charge in [-0.1, -0.05) is 0 Å². The summed E-state index contributed by atoms with van der Waals surface area (Å²) in [5, 5.41) is 0. The minimum absolute atomic E-state index is 0.0333. The topological polar surface area (TPSA) is 76.2 Å². The molecule has 0 aliphatic rings. The van der Waals surface area contributed by atoms with Gasteiger partial charge in [0.2, 0.25) is 0 Å². The van der Waals surface area contributed by atoms with Gasteiger partial charge in [-0.15, -0.1) is 0 Å². The minimum Gasteiger partial charge on any atom is -0.337 e. The Morgan fingerprint density at radius 2 is 2.25 bits per heavy atom. The zero-order valence-corrected chi connectivity index (χ0v) is 11.9. The average Bonchev–Trinajstić information content (AvgIpc) is 2.83. The van der Waals surface area contributed by atoms with E-state index in [4.69, 9.17) is 5.84 Å². The minimum atomic E-state index is -0.0333. The molecule has 1 amide bonds. The summed E-state index contributed by atoms with van der Waals surface area (Å²) in [7, 11) is 3.68. The highest BCUT2D eigenvalue weighted by molar-refractivity contribution is 5.95. The van der Waals surface area contributed by atoms with Crippen LogP contribution in [-0.4, -0.2) is 27.4 Å². The fourth-order valence-electron chi connectivity index (χ4n) is 2.03. The molecule has 1 aromatic heterocycles. The first-order valence-corrected chi connectivity index (χ1v) is 6.32. The number of benzene rings is 1. The molecule has 0 saturated heterocycles. The predicted molar refractivity (Wildman–Crippen MR) is 78.0 cm³/mol. The molecule has 2 aromatic rings. The molecule has 2 rings (SSSR count). The summed E-state index contributed by atoms with van der Waals surface area (Å²) in [5.41, 5.74) is 4.91. The Morgan fingerprint density at radius 1 is 1.50 bits per heavy atom. The highest BCUT2D eigenvalue weighted by atomic mass is 16.2. The van der Waals surface area contributed by atoms with Gasteiger partial charge in [0, 0.05) is 37.7 Å². The number of hydrogen-bond acceptors (Lipinski definition) is 4. The summed E-state index contributed by atoms with van der Waals surface area (Å²) in [4.78, 5) is 18.3. The molecule has 1 aromatic carbocycles. The second kappa shape index (κ2) is 5.75. The summed E-state index contributed by atoms with van der Waals surface area (Å²) < 4.78 is 1.90. The maximum absolute atomic E-state index is 12.4. The van der Waals surface area contributed by atoms with E-state index in [2.05, 4.69) is 10.4 Å². The molecular weight excluding hydrogens is 254 g/mol. The number of nitrogens with two attached hydrogens (primary N) is 1. The number of nitrogens with one attached hydrogen (secondary N) is 1. The van der Waals surface area contributed by atoms with Crippen LogP contribution in [0.2, 0.25) is 0 Å². The van der Waals surface area contributed by atoms with Crippen molar-refractivity contribution in [1.82, 2.24) is 14.5 Å². The first-order chi connectivity index (χ1) is 9.52. The molecule has 0 aliphatic heterocycles. The lowest BCUT2D eigenvalue weighted by Crippen LogP contribution is -2.28. The summed E-state index contributed by atoms with van der Waals surface area (Å²) in [6.45, 7) is 2.36. The molecule has 0 saturated carbocycles. The number of nitrogens with zero attached hydrogens (tertiary/aromatic N) is 3. The quantitative estimate of drug-likeness (QED) is 0.650.